The number of rotatable bonds is 10. The van der Waals surface area contributed by atoms with E-state index in [1.165, 1.54) is 31.4 Å². The minimum atomic E-state index is 0.392. The van der Waals surface area contributed by atoms with Gasteiger partial charge in [-0.1, -0.05) is 52.2 Å². The van der Waals surface area contributed by atoms with E-state index >= 15 is 0 Å². The van der Waals surface area contributed by atoms with Crippen molar-refractivity contribution in [1.29, 1.82) is 0 Å². The second-order valence-corrected chi connectivity index (χ2v) is 5.23. The molecule has 19 heavy (non-hydrogen) atoms. The van der Waals surface area contributed by atoms with E-state index in [2.05, 4.69) is 48.0 Å². The highest BCUT2D eigenvalue weighted by atomic mass is 15.4. The number of nitrogens with one attached hydrogen (secondary N) is 1. The van der Waals surface area contributed by atoms with Gasteiger partial charge in [-0.15, -0.1) is 5.10 Å². The summed E-state index contributed by atoms with van der Waals surface area (Å²) in [5, 5.41) is 12.0. The molecular weight excluding hydrogens is 236 g/mol. The standard InChI is InChI=1S/C15H30N4/c1-5-9-10-13(7-3)15(16-8-4)14-12-17-18-19(14)11-6-2/h12-13,15-16H,5-11H2,1-4H3. The summed E-state index contributed by atoms with van der Waals surface area (Å²) in [6.45, 7) is 10.9. The van der Waals surface area contributed by atoms with Gasteiger partial charge >= 0.3 is 0 Å². The first-order valence-corrected chi connectivity index (χ1v) is 7.90. The summed E-state index contributed by atoms with van der Waals surface area (Å²) in [5.41, 5.74) is 1.26. The molecule has 0 saturated heterocycles. The van der Waals surface area contributed by atoms with Crippen molar-refractivity contribution in [2.24, 2.45) is 5.92 Å². The van der Waals surface area contributed by atoms with Gasteiger partial charge in [-0.05, 0) is 25.3 Å². The van der Waals surface area contributed by atoms with E-state index in [1.807, 2.05) is 6.20 Å². The zero-order valence-electron chi connectivity index (χ0n) is 13.0. The Labute approximate surface area is 118 Å². The lowest BCUT2D eigenvalue weighted by Crippen LogP contribution is -2.30. The van der Waals surface area contributed by atoms with Crippen LogP contribution in [-0.4, -0.2) is 21.5 Å². The van der Waals surface area contributed by atoms with Gasteiger partial charge in [-0.2, -0.15) is 0 Å². The monoisotopic (exact) mass is 266 g/mol. The van der Waals surface area contributed by atoms with Crippen LogP contribution < -0.4 is 5.32 Å². The zero-order chi connectivity index (χ0) is 14.1. The molecule has 0 amide bonds. The van der Waals surface area contributed by atoms with Crippen LogP contribution in [-0.2, 0) is 6.54 Å². The summed E-state index contributed by atoms with van der Waals surface area (Å²) in [5.74, 6) is 0.675. The third-order valence-electron chi connectivity index (χ3n) is 3.75. The summed E-state index contributed by atoms with van der Waals surface area (Å²) in [6, 6.07) is 0.392. The van der Waals surface area contributed by atoms with Gasteiger partial charge in [0.2, 0.25) is 0 Å². The summed E-state index contributed by atoms with van der Waals surface area (Å²) >= 11 is 0. The molecule has 1 heterocycles. The first-order chi connectivity index (χ1) is 9.28. The molecule has 0 aliphatic heterocycles. The van der Waals surface area contributed by atoms with Crippen molar-refractivity contribution < 1.29 is 0 Å². The Morgan fingerprint density at radius 3 is 2.58 bits per heavy atom. The summed E-state index contributed by atoms with van der Waals surface area (Å²) in [6.07, 6.45) is 8.09. The smallest absolute Gasteiger partial charge is 0.0759 e. The Morgan fingerprint density at radius 1 is 1.21 bits per heavy atom. The third-order valence-corrected chi connectivity index (χ3v) is 3.75. The van der Waals surface area contributed by atoms with Crippen molar-refractivity contribution in [1.82, 2.24) is 20.3 Å². The summed E-state index contributed by atoms with van der Waals surface area (Å²) in [7, 11) is 0. The SMILES string of the molecule is CCCCC(CC)C(NCC)c1cnnn1CCC. The molecule has 4 heteroatoms. The molecule has 2 atom stereocenters. The number of hydrogen-bond donors (Lipinski definition) is 1. The van der Waals surface area contributed by atoms with Gasteiger partial charge in [0.25, 0.3) is 0 Å². The van der Waals surface area contributed by atoms with Crippen molar-refractivity contribution in [2.45, 2.75) is 72.4 Å². The van der Waals surface area contributed by atoms with Crippen molar-refractivity contribution in [2.75, 3.05) is 6.54 Å². The van der Waals surface area contributed by atoms with Crippen LogP contribution in [0.4, 0.5) is 0 Å². The first-order valence-electron chi connectivity index (χ1n) is 7.90. The Bertz CT molecular complexity index is 335. The normalized spacial score (nSPS) is 14.5. The molecule has 0 aliphatic rings. The fraction of sp³-hybridized carbons (Fsp3) is 0.867. The van der Waals surface area contributed by atoms with Crippen LogP contribution >= 0.6 is 0 Å². The third kappa shape index (κ3) is 4.60. The highest BCUT2D eigenvalue weighted by molar-refractivity contribution is 5.04. The number of aryl methyl sites for hydroxylation is 1. The van der Waals surface area contributed by atoms with E-state index < -0.39 is 0 Å². The van der Waals surface area contributed by atoms with E-state index in [0.29, 0.717) is 12.0 Å². The lowest BCUT2D eigenvalue weighted by Gasteiger charge is -2.27. The lowest BCUT2D eigenvalue weighted by atomic mass is 9.89. The Morgan fingerprint density at radius 2 is 2.00 bits per heavy atom. The molecule has 0 saturated carbocycles. The predicted octanol–water partition coefficient (Wildman–Crippen LogP) is 3.56. The maximum atomic E-state index is 4.23. The van der Waals surface area contributed by atoms with Crippen molar-refractivity contribution in [3.8, 4) is 0 Å². The van der Waals surface area contributed by atoms with Crippen LogP contribution in [0.2, 0.25) is 0 Å². The second kappa shape index (κ2) is 9.08. The highest BCUT2D eigenvalue weighted by Crippen LogP contribution is 2.28. The molecule has 4 nitrogen and oxygen atoms in total. The summed E-state index contributed by atoms with van der Waals surface area (Å²) < 4.78 is 2.07. The van der Waals surface area contributed by atoms with Gasteiger partial charge in [-0.25, -0.2) is 4.68 Å². The molecule has 1 aromatic rings. The van der Waals surface area contributed by atoms with Gasteiger partial charge in [0.1, 0.15) is 0 Å². The minimum Gasteiger partial charge on any atom is -0.309 e. The predicted molar refractivity (Wildman–Crippen MR) is 80.0 cm³/mol. The van der Waals surface area contributed by atoms with Crippen LogP contribution in [0.15, 0.2) is 6.20 Å². The van der Waals surface area contributed by atoms with E-state index in [4.69, 9.17) is 0 Å². The van der Waals surface area contributed by atoms with Gasteiger partial charge in [0.05, 0.1) is 17.9 Å². The quantitative estimate of drug-likeness (QED) is 0.704. The largest absolute Gasteiger partial charge is 0.309 e. The molecule has 1 N–H and O–H groups in total. The van der Waals surface area contributed by atoms with Crippen LogP contribution in [0.5, 0.6) is 0 Å². The fourth-order valence-electron chi connectivity index (χ4n) is 2.70. The molecule has 1 aromatic heterocycles. The molecule has 0 aromatic carbocycles. The number of unbranched alkanes of at least 4 members (excludes halogenated alkanes) is 1. The van der Waals surface area contributed by atoms with Gasteiger partial charge in [-0.3, -0.25) is 0 Å². The highest BCUT2D eigenvalue weighted by Gasteiger charge is 2.24. The number of aromatic nitrogens is 3. The molecule has 110 valence electrons. The molecule has 0 aliphatic carbocycles. The van der Waals surface area contributed by atoms with Gasteiger partial charge in [0, 0.05) is 6.54 Å². The van der Waals surface area contributed by atoms with Crippen molar-refractivity contribution in [3.05, 3.63) is 11.9 Å². The summed E-state index contributed by atoms with van der Waals surface area (Å²) in [4.78, 5) is 0. The van der Waals surface area contributed by atoms with Crippen LogP contribution in [0.3, 0.4) is 0 Å². The maximum absolute atomic E-state index is 4.23. The van der Waals surface area contributed by atoms with Crippen molar-refractivity contribution in [3.63, 3.8) is 0 Å². The fourth-order valence-corrected chi connectivity index (χ4v) is 2.70. The lowest BCUT2D eigenvalue weighted by molar-refractivity contribution is 0.310. The minimum absolute atomic E-state index is 0.392. The first kappa shape index (κ1) is 16.2. The molecule has 0 spiro atoms. The molecule has 0 radical (unpaired) electrons. The van der Waals surface area contributed by atoms with Crippen LogP contribution in [0.1, 0.15) is 71.5 Å². The zero-order valence-corrected chi connectivity index (χ0v) is 13.0. The average molecular weight is 266 g/mol. The van der Waals surface area contributed by atoms with Crippen LogP contribution in [0.25, 0.3) is 0 Å². The number of nitrogens with zero attached hydrogens (tertiary/aromatic N) is 3. The topological polar surface area (TPSA) is 42.7 Å². The second-order valence-electron chi connectivity index (χ2n) is 5.23. The molecule has 1 rings (SSSR count). The van der Waals surface area contributed by atoms with Crippen LogP contribution in [0, 0.1) is 5.92 Å². The van der Waals surface area contributed by atoms with E-state index in [9.17, 15) is 0 Å². The Kier molecular flexibility index (Phi) is 7.72. The Balaban J connectivity index is 2.86. The molecule has 0 bridgehead atoms. The van der Waals surface area contributed by atoms with E-state index in [-0.39, 0.29) is 0 Å². The average Bonchev–Trinajstić information content (AvgIpc) is 2.86. The molecule has 2 unspecified atom stereocenters. The van der Waals surface area contributed by atoms with E-state index in [1.54, 1.807) is 0 Å². The molecule has 0 fully saturated rings. The van der Waals surface area contributed by atoms with Gasteiger partial charge in [0.15, 0.2) is 0 Å². The molecular formula is C15H30N4. The number of hydrogen-bond acceptors (Lipinski definition) is 3. The Hall–Kier alpha value is -0.900. The van der Waals surface area contributed by atoms with Gasteiger partial charge < -0.3 is 5.32 Å². The maximum Gasteiger partial charge on any atom is 0.0759 e. The van der Waals surface area contributed by atoms with E-state index in [0.717, 1.165) is 19.5 Å². The van der Waals surface area contributed by atoms with Crippen molar-refractivity contribution >= 4 is 0 Å².